The number of rotatable bonds is 12. The first kappa shape index (κ1) is 35.7. The highest BCUT2D eigenvalue weighted by atomic mass is 16.1. The largest absolute Gasteiger partial charge is 0.369 e. The van der Waals surface area contributed by atoms with Gasteiger partial charge in [0.2, 0.25) is 0 Å². The van der Waals surface area contributed by atoms with Crippen molar-refractivity contribution in [2.45, 2.75) is 87.0 Å². The smallest absolute Gasteiger partial charge is 0.166 e. The van der Waals surface area contributed by atoms with Crippen molar-refractivity contribution in [3.8, 4) is 0 Å². The van der Waals surface area contributed by atoms with Gasteiger partial charge in [0.05, 0.1) is 0 Å². The lowest BCUT2D eigenvalue weighted by Crippen LogP contribution is -2.47. The summed E-state index contributed by atoms with van der Waals surface area (Å²) in [7, 11) is 0. The molecule has 226 valence electrons. The van der Waals surface area contributed by atoms with Crippen molar-refractivity contribution in [1.82, 2.24) is 10.2 Å². The van der Waals surface area contributed by atoms with E-state index in [1.807, 2.05) is 53.7 Å². The first-order chi connectivity index (χ1) is 19.2. The highest BCUT2D eigenvalue weighted by Gasteiger charge is 2.22. The van der Waals surface area contributed by atoms with E-state index < -0.39 is 0 Å². The van der Waals surface area contributed by atoms with Crippen LogP contribution in [0, 0.1) is 17.8 Å². The molecular formula is C34H57N3O3. The van der Waals surface area contributed by atoms with E-state index in [2.05, 4.69) is 28.6 Å². The lowest BCUT2D eigenvalue weighted by atomic mass is 9.94. The number of Topliss-reactive ketones (excluding diaryl/α,β-unsaturated/α-hetero) is 2. The monoisotopic (exact) mass is 555 g/mol. The summed E-state index contributed by atoms with van der Waals surface area (Å²) in [6.07, 6.45) is 7.07. The molecule has 0 aromatic heterocycles. The molecule has 6 heteroatoms. The fourth-order valence-corrected chi connectivity index (χ4v) is 4.93. The zero-order valence-corrected chi connectivity index (χ0v) is 26.6. The molecule has 0 amide bonds. The molecule has 2 fully saturated rings. The molecule has 0 radical (unpaired) electrons. The lowest BCUT2D eigenvalue weighted by molar-refractivity contribution is -0.119. The molecule has 0 saturated carbocycles. The van der Waals surface area contributed by atoms with Gasteiger partial charge < -0.3 is 10.2 Å². The van der Waals surface area contributed by atoms with Crippen LogP contribution in [0.15, 0.2) is 30.4 Å². The number of ketones is 2. The number of carbonyl (C=O) groups excluding carboxylic acids is 3. The number of hydrogen-bond acceptors (Lipinski definition) is 6. The Balaban J connectivity index is 0.000000520. The maximum atomic E-state index is 12.5. The van der Waals surface area contributed by atoms with Gasteiger partial charge in [0.25, 0.3) is 0 Å². The van der Waals surface area contributed by atoms with Gasteiger partial charge in [-0.25, -0.2) is 0 Å². The molecule has 2 aliphatic heterocycles. The predicted molar refractivity (Wildman–Crippen MR) is 170 cm³/mol. The van der Waals surface area contributed by atoms with Crippen LogP contribution in [0.1, 0.15) is 108 Å². The van der Waals surface area contributed by atoms with Gasteiger partial charge in [0, 0.05) is 61.8 Å². The second-order valence-corrected chi connectivity index (χ2v) is 11.4. The van der Waals surface area contributed by atoms with Crippen molar-refractivity contribution in [1.29, 1.82) is 0 Å². The number of aldehydes is 1. The summed E-state index contributed by atoms with van der Waals surface area (Å²) in [5.41, 5.74) is 3.29. The third-order valence-electron chi connectivity index (χ3n) is 8.10. The van der Waals surface area contributed by atoms with Gasteiger partial charge in [-0.3, -0.25) is 19.3 Å². The number of benzene rings is 1. The molecule has 1 aromatic rings. The van der Waals surface area contributed by atoms with Crippen molar-refractivity contribution in [3.63, 3.8) is 0 Å². The first-order valence-electron chi connectivity index (χ1n) is 15.6. The summed E-state index contributed by atoms with van der Waals surface area (Å²) >= 11 is 0. The molecule has 2 heterocycles. The summed E-state index contributed by atoms with van der Waals surface area (Å²) in [6.45, 7) is 25.3. The quantitative estimate of drug-likeness (QED) is 0.173. The van der Waals surface area contributed by atoms with E-state index in [0.29, 0.717) is 35.7 Å². The molecule has 1 unspecified atom stereocenters. The van der Waals surface area contributed by atoms with Crippen LogP contribution < -0.4 is 10.2 Å². The topological polar surface area (TPSA) is 69.7 Å². The highest BCUT2D eigenvalue weighted by molar-refractivity contribution is 6.04. The lowest BCUT2D eigenvalue weighted by Gasteiger charge is -2.37. The van der Waals surface area contributed by atoms with E-state index in [-0.39, 0.29) is 11.7 Å². The standard InChI is InChI=1S/C22H33N3O2.C10H18O.C2H6/c1-17(2)22(27)21-15-20(4-3-19(21)16-26)25-13-11-24(12-14-25)10-7-18-5-8-23-9-6-18;1-5-10(11)7-6-9(4)8(2)3;1-2/h3-4,15-18,23H,5-14H2,1-2H3;9H,2,5-7H2,1,3-4H3;1-2H3. The number of nitrogens with one attached hydrogen (secondary N) is 1. The molecule has 1 N–H and O–H groups in total. The average molecular weight is 556 g/mol. The van der Waals surface area contributed by atoms with Crippen LogP contribution in [0.4, 0.5) is 5.69 Å². The Hall–Kier alpha value is -2.31. The van der Waals surface area contributed by atoms with Crippen molar-refractivity contribution < 1.29 is 14.4 Å². The highest BCUT2D eigenvalue weighted by Crippen LogP contribution is 2.23. The zero-order valence-electron chi connectivity index (χ0n) is 26.6. The third kappa shape index (κ3) is 12.5. The van der Waals surface area contributed by atoms with E-state index >= 15 is 0 Å². The fourth-order valence-electron chi connectivity index (χ4n) is 4.93. The Labute approximate surface area is 245 Å². The summed E-state index contributed by atoms with van der Waals surface area (Å²) in [6, 6.07) is 5.68. The van der Waals surface area contributed by atoms with Crippen LogP contribution in [0.2, 0.25) is 0 Å². The maximum absolute atomic E-state index is 12.5. The second kappa shape index (κ2) is 19.7. The molecule has 6 nitrogen and oxygen atoms in total. The van der Waals surface area contributed by atoms with E-state index in [0.717, 1.165) is 50.5 Å². The van der Waals surface area contributed by atoms with Crippen LogP contribution in [-0.4, -0.2) is 68.6 Å². The predicted octanol–water partition coefficient (Wildman–Crippen LogP) is 6.83. The Kier molecular flexibility index (Phi) is 17.6. The van der Waals surface area contributed by atoms with Crippen LogP contribution in [0.25, 0.3) is 0 Å². The van der Waals surface area contributed by atoms with E-state index in [9.17, 15) is 14.4 Å². The first-order valence-corrected chi connectivity index (χ1v) is 15.6. The molecule has 0 aliphatic carbocycles. The number of nitrogens with zero attached hydrogens (tertiary/aromatic N) is 2. The van der Waals surface area contributed by atoms with Gasteiger partial charge in [0.15, 0.2) is 12.1 Å². The second-order valence-electron chi connectivity index (χ2n) is 11.4. The average Bonchev–Trinajstić information content (AvgIpc) is 2.99. The SMILES string of the molecule is C=C(C)C(C)CCC(=O)CC.CC.CC(C)C(=O)c1cc(N2CCN(CCC3CCNCC3)CC2)ccc1C=O. The van der Waals surface area contributed by atoms with E-state index in [1.165, 1.54) is 44.5 Å². The molecule has 1 atom stereocenters. The van der Waals surface area contributed by atoms with Crippen molar-refractivity contribution in [2.75, 3.05) is 50.7 Å². The molecule has 3 rings (SSSR count). The number of hydrogen-bond donors (Lipinski definition) is 1. The number of allylic oxidation sites excluding steroid dienone is 1. The molecule has 2 aliphatic rings. The third-order valence-corrected chi connectivity index (χ3v) is 8.10. The number of anilines is 1. The molecule has 40 heavy (non-hydrogen) atoms. The Bertz CT molecular complexity index is 913. The number of piperidine rings is 1. The number of piperazine rings is 1. The van der Waals surface area contributed by atoms with Gasteiger partial charge in [-0.15, -0.1) is 0 Å². The summed E-state index contributed by atoms with van der Waals surface area (Å²) in [5, 5.41) is 3.44. The van der Waals surface area contributed by atoms with Gasteiger partial charge in [0.1, 0.15) is 5.78 Å². The van der Waals surface area contributed by atoms with Gasteiger partial charge in [-0.05, 0) is 82.3 Å². The van der Waals surface area contributed by atoms with Crippen molar-refractivity contribution in [2.24, 2.45) is 17.8 Å². The van der Waals surface area contributed by atoms with E-state index in [1.54, 1.807) is 6.07 Å². The molecular weight excluding hydrogens is 498 g/mol. The fraction of sp³-hybridized carbons (Fsp3) is 0.676. The summed E-state index contributed by atoms with van der Waals surface area (Å²) in [5.74, 6) is 1.67. The molecule has 2 saturated heterocycles. The van der Waals surface area contributed by atoms with Gasteiger partial charge >= 0.3 is 0 Å². The van der Waals surface area contributed by atoms with Crippen LogP contribution in [0.5, 0.6) is 0 Å². The minimum absolute atomic E-state index is 0.0413. The Morgan fingerprint density at radius 2 is 1.70 bits per heavy atom. The molecule has 0 spiro atoms. The Morgan fingerprint density at radius 1 is 1.07 bits per heavy atom. The minimum Gasteiger partial charge on any atom is -0.369 e. The van der Waals surface area contributed by atoms with E-state index in [4.69, 9.17) is 0 Å². The molecule has 1 aromatic carbocycles. The van der Waals surface area contributed by atoms with Gasteiger partial charge in [-0.1, -0.05) is 53.7 Å². The minimum atomic E-state index is -0.106. The van der Waals surface area contributed by atoms with Crippen LogP contribution in [-0.2, 0) is 4.79 Å². The summed E-state index contributed by atoms with van der Waals surface area (Å²) in [4.78, 5) is 39.6. The van der Waals surface area contributed by atoms with Crippen LogP contribution in [0.3, 0.4) is 0 Å². The zero-order chi connectivity index (χ0) is 30.1. The van der Waals surface area contributed by atoms with Crippen molar-refractivity contribution in [3.05, 3.63) is 41.5 Å². The maximum Gasteiger partial charge on any atom is 0.166 e. The number of carbonyl (C=O) groups is 3. The summed E-state index contributed by atoms with van der Waals surface area (Å²) < 4.78 is 0. The Morgan fingerprint density at radius 3 is 2.23 bits per heavy atom. The van der Waals surface area contributed by atoms with Gasteiger partial charge in [-0.2, -0.15) is 0 Å². The van der Waals surface area contributed by atoms with Crippen LogP contribution >= 0.6 is 0 Å². The normalized spacial score (nSPS) is 16.8. The molecule has 0 bridgehead atoms. The van der Waals surface area contributed by atoms with Crippen molar-refractivity contribution >= 4 is 23.5 Å².